The molecule has 1 fully saturated rings. The maximum atomic E-state index is 12.9. The maximum absolute atomic E-state index is 12.9. The summed E-state index contributed by atoms with van der Waals surface area (Å²) >= 11 is 12.1. The highest BCUT2D eigenvalue weighted by Gasteiger charge is 2.26. The highest BCUT2D eigenvalue weighted by molar-refractivity contribution is 7.89. The zero-order valence-electron chi connectivity index (χ0n) is 16.2. The number of rotatable bonds is 4. The maximum Gasteiger partial charge on any atom is 0.295 e. The molecule has 2 N–H and O–H groups in total. The Kier molecular flexibility index (Phi) is 6.02. The molecule has 2 heterocycles. The van der Waals surface area contributed by atoms with Crippen molar-refractivity contribution in [2.75, 3.05) is 13.1 Å². The summed E-state index contributed by atoms with van der Waals surface area (Å²) in [5.74, 6) is -1.07. The summed E-state index contributed by atoms with van der Waals surface area (Å²) in [6.07, 6.45) is 2.63. The number of fused-ring (bicyclic) bond motifs is 1. The molecule has 1 aliphatic rings. The zero-order chi connectivity index (χ0) is 22.2. The number of piperidine rings is 1. The topological polar surface area (TPSA) is 115 Å². The van der Waals surface area contributed by atoms with Gasteiger partial charge in [-0.25, -0.2) is 8.42 Å². The normalized spacial score (nSPS) is 15.7. The SMILES string of the molecule is O=C(N=Nc1c(O)[nH]c2c(Cl)cc(Cl)cc12)c1cccc(S(=O)(=O)N2CCCCC2)c1. The molecule has 0 bridgehead atoms. The van der Waals surface area contributed by atoms with E-state index in [1.807, 2.05) is 0 Å². The number of aromatic amines is 1. The van der Waals surface area contributed by atoms with Crippen LogP contribution in [0, 0.1) is 0 Å². The number of benzene rings is 2. The molecule has 0 aliphatic carbocycles. The van der Waals surface area contributed by atoms with E-state index in [1.165, 1.54) is 40.7 Å². The molecule has 0 atom stereocenters. The summed E-state index contributed by atoms with van der Waals surface area (Å²) in [5.41, 5.74) is 0.474. The number of amides is 1. The Morgan fingerprint density at radius 1 is 1.10 bits per heavy atom. The van der Waals surface area contributed by atoms with Gasteiger partial charge in [0.05, 0.1) is 15.4 Å². The summed E-state index contributed by atoms with van der Waals surface area (Å²) in [7, 11) is -3.69. The second-order valence-corrected chi connectivity index (χ2v) is 9.91. The minimum absolute atomic E-state index is 0.00448. The first-order valence-corrected chi connectivity index (χ1v) is 11.7. The van der Waals surface area contributed by atoms with Gasteiger partial charge in [-0.15, -0.1) is 10.2 Å². The van der Waals surface area contributed by atoms with Gasteiger partial charge in [0.25, 0.3) is 5.91 Å². The van der Waals surface area contributed by atoms with Crippen LogP contribution >= 0.6 is 23.2 Å². The van der Waals surface area contributed by atoms with E-state index < -0.39 is 15.9 Å². The molecule has 1 saturated heterocycles. The van der Waals surface area contributed by atoms with Crippen LogP contribution in [-0.2, 0) is 10.0 Å². The smallest absolute Gasteiger partial charge is 0.295 e. The molecule has 1 amide bonds. The lowest BCUT2D eigenvalue weighted by atomic mass is 10.2. The minimum atomic E-state index is -3.69. The van der Waals surface area contributed by atoms with E-state index >= 15 is 0 Å². The van der Waals surface area contributed by atoms with Crippen molar-refractivity contribution >= 4 is 55.7 Å². The molecule has 0 spiro atoms. The third-order valence-electron chi connectivity index (χ3n) is 5.05. The number of hydrogen-bond donors (Lipinski definition) is 2. The van der Waals surface area contributed by atoms with Gasteiger partial charge in [0.1, 0.15) is 0 Å². The second kappa shape index (κ2) is 8.58. The van der Waals surface area contributed by atoms with Crippen molar-refractivity contribution < 1.29 is 18.3 Å². The van der Waals surface area contributed by atoms with Gasteiger partial charge in [-0.05, 0) is 43.2 Å². The molecule has 0 unspecified atom stereocenters. The van der Waals surface area contributed by atoms with Crippen molar-refractivity contribution in [3.8, 4) is 5.88 Å². The van der Waals surface area contributed by atoms with Crippen LogP contribution in [0.25, 0.3) is 10.9 Å². The fourth-order valence-electron chi connectivity index (χ4n) is 3.49. The van der Waals surface area contributed by atoms with Crippen molar-refractivity contribution in [3.05, 3.63) is 52.0 Å². The molecule has 0 saturated carbocycles. The lowest BCUT2D eigenvalue weighted by molar-refractivity contribution is 0.0995. The van der Waals surface area contributed by atoms with Crippen LogP contribution in [0.3, 0.4) is 0 Å². The van der Waals surface area contributed by atoms with Crippen LogP contribution in [0.5, 0.6) is 5.88 Å². The number of nitrogens with one attached hydrogen (secondary N) is 1. The third-order valence-corrected chi connectivity index (χ3v) is 7.46. The Balaban J connectivity index is 1.63. The fraction of sp³-hybridized carbons (Fsp3) is 0.250. The van der Waals surface area contributed by atoms with Crippen molar-refractivity contribution in [2.45, 2.75) is 24.2 Å². The van der Waals surface area contributed by atoms with E-state index in [-0.39, 0.29) is 27.0 Å². The Morgan fingerprint density at radius 2 is 1.84 bits per heavy atom. The number of carbonyl (C=O) groups is 1. The number of nitrogens with zero attached hydrogens (tertiary/aromatic N) is 3. The van der Waals surface area contributed by atoms with Crippen molar-refractivity contribution in [3.63, 3.8) is 0 Å². The summed E-state index contributed by atoms with van der Waals surface area (Å²) in [5, 5.41) is 18.6. The molecule has 162 valence electrons. The number of carbonyl (C=O) groups excluding carboxylic acids is 1. The number of aromatic nitrogens is 1. The predicted octanol–water partition coefficient (Wildman–Crippen LogP) is 5.28. The molecular formula is C20H18Cl2N4O4S. The Hall–Kier alpha value is -2.46. The van der Waals surface area contributed by atoms with E-state index in [2.05, 4.69) is 15.2 Å². The lowest BCUT2D eigenvalue weighted by Crippen LogP contribution is -2.35. The van der Waals surface area contributed by atoms with Crippen LogP contribution < -0.4 is 0 Å². The molecular weight excluding hydrogens is 463 g/mol. The van der Waals surface area contributed by atoms with Gasteiger partial charge in [-0.2, -0.15) is 4.31 Å². The summed E-state index contributed by atoms with van der Waals surface area (Å²) in [6, 6.07) is 8.72. The molecule has 8 nitrogen and oxygen atoms in total. The summed E-state index contributed by atoms with van der Waals surface area (Å²) < 4.78 is 27.1. The van der Waals surface area contributed by atoms with Gasteiger partial charge < -0.3 is 10.1 Å². The van der Waals surface area contributed by atoms with Crippen molar-refractivity contribution in [1.82, 2.24) is 9.29 Å². The molecule has 3 aromatic rings. The first kappa shape index (κ1) is 21.8. The molecule has 31 heavy (non-hydrogen) atoms. The highest BCUT2D eigenvalue weighted by Crippen LogP contribution is 2.40. The van der Waals surface area contributed by atoms with Gasteiger partial charge in [0.2, 0.25) is 15.9 Å². The molecule has 1 aliphatic heterocycles. The van der Waals surface area contributed by atoms with E-state index in [0.29, 0.717) is 29.0 Å². The average molecular weight is 481 g/mol. The highest BCUT2D eigenvalue weighted by atomic mass is 35.5. The van der Waals surface area contributed by atoms with Gasteiger partial charge >= 0.3 is 0 Å². The van der Waals surface area contributed by atoms with Gasteiger partial charge in [-0.3, -0.25) is 4.79 Å². The Labute approximate surface area is 188 Å². The Morgan fingerprint density at radius 3 is 2.58 bits per heavy atom. The van der Waals surface area contributed by atoms with E-state index in [1.54, 1.807) is 0 Å². The van der Waals surface area contributed by atoms with Crippen molar-refractivity contribution in [2.24, 2.45) is 10.2 Å². The van der Waals surface area contributed by atoms with E-state index in [9.17, 15) is 18.3 Å². The number of hydrogen-bond acceptors (Lipinski definition) is 5. The van der Waals surface area contributed by atoms with Gasteiger partial charge in [0, 0.05) is 29.1 Å². The zero-order valence-corrected chi connectivity index (χ0v) is 18.5. The fourth-order valence-corrected chi connectivity index (χ4v) is 5.60. The largest absolute Gasteiger partial charge is 0.493 e. The Bertz CT molecular complexity index is 1300. The van der Waals surface area contributed by atoms with Crippen LogP contribution in [-0.4, -0.2) is 41.8 Å². The number of halogens is 2. The first-order chi connectivity index (χ1) is 14.8. The van der Waals surface area contributed by atoms with E-state index in [0.717, 1.165) is 19.3 Å². The quantitative estimate of drug-likeness (QED) is 0.494. The number of sulfonamides is 1. The van der Waals surface area contributed by atoms with Crippen LogP contribution in [0.15, 0.2) is 51.5 Å². The summed E-state index contributed by atoms with van der Waals surface area (Å²) in [6.45, 7) is 0.927. The average Bonchev–Trinajstić information content (AvgIpc) is 3.08. The monoisotopic (exact) mass is 480 g/mol. The van der Waals surface area contributed by atoms with Gasteiger partial charge in [0.15, 0.2) is 5.69 Å². The van der Waals surface area contributed by atoms with Crippen LogP contribution in [0.4, 0.5) is 5.69 Å². The van der Waals surface area contributed by atoms with E-state index in [4.69, 9.17) is 23.2 Å². The molecule has 11 heteroatoms. The number of azo groups is 1. The van der Waals surface area contributed by atoms with Crippen LogP contribution in [0.2, 0.25) is 10.0 Å². The van der Waals surface area contributed by atoms with Crippen LogP contribution in [0.1, 0.15) is 29.6 Å². The van der Waals surface area contributed by atoms with Crippen molar-refractivity contribution in [1.29, 1.82) is 0 Å². The minimum Gasteiger partial charge on any atom is -0.493 e. The second-order valence-electron chi connectivity index (χ2n) is 7.13. The third kappa shape index (κ3) is 4.31. The molecule has 0 radical (unpaired) electrons. The number of aromatic hydroxyl groups is 1. The molecule has 1 aromatic heterocycles. The predicted molar refractivity (Wildman–Crippen MR) is 118 cm³/mol. The standard InChI is InChI=1S/C20H18Cl2N4O4S/c21-13-10-15-17(16(22)11-13)23-20(28)18(15)24-25-19(27)12-5-4-6-14(9-12)31(29,30)26-7-2-1-3-8-26/h4-6,9-11,23,28H,1-3,7-8H2. The molecule has 2 aromatic carbocycles. The lowest BCUT2D eigenvalue weighted by Gasteiger charge is -2.25. The number of H-pyrrole nitrogens is 1. The van der Waals surface area contributed by atoms with Gasteiger partial charge in [-0.1, -0.05) is 35.7 Å². The molecule has 4 rings (SSSR count). The summed E-state index contributed by atoms with van der Waals surface area (Å²) in [4.78, 5) is 15.3. The first-order valence-electron chi connectivity index (χ1n) is 9.53.